The normalized spacial score (nSPS) is 12.0. The summed E-state index contributed by atoms with van der Waals surface area (Å²) in [5, 5.41) is 0. The molecule has 3 nitrogen and oxygen atoms in total. The Morgan fingerprint density at radius 2 is 0.957 bits per heavy atom. The van der Waals surface area contributed by atoms with Crippen molar-refractivity contribution in [3.8, 4) is 0 Å². The van der Waals surface area contributed by atoms with Crippen LogP contribution in [0.15, 0.2) is 91.0 Å². The van der Waals surface area contributed by atoms with Gasteiger partial charge in [0.25, 0.3) is 0 Å². The minimum Gasteiger partial charge on any atom is -0.133 e. The van der Waals surface area contributed by atoms with E-state index in [1.807, 2.05) is 91.0 Å². The zero-order valence-corrected chi connectivity index (χ0v) is 13.3. The fraction of sp³-hybridized carbons (Fsp3) is 0.0526. The van der Waals surface area contributed by atoms with Crippen LogP contribution in [0.1, 0.15) is 16.7 Å². The van der Waals surface area contributed by atoms with Crippen molar-refractivity contribution in [3.63, 3.8) is 0 Å². The van der Waals surface area contributed by atoms with Gasteiger partial charge in [-0.25, -0.2) is 0 Å². The largest absolute Gasteiger partial charge is 0.696 e. The van der Waals surface area contributed by atoms with Crippen molar-refractivity contribution in [2.24, 2.45) is 0 Å². The highest BCUT2D eigenvalue weighted by atomic mass is 31.1. The van der Waals surface area contributed by atoms with Crippen molar-refractivity contribution in [2.45, 2.75) is 5.60 Å². The molecule has 0 amide bonds. The third-order valence-corrected chi connectivity index (χ3v) is 4.19. The van der Waals surface area contributed by atoms with Crippen LogP contribution in [0.2, 0.25) is 0 Å². The van der Waals surface area contributed by atoms with Crippen LogP contribution in [0.5, 0.6) is 0 Å². The second-order valence-corrected chi connectivity index (χ2v) is 5.77. The predicted octanol–water partition coefficient (Wildman–Crippen LogP) is 4.64. The van der Waals surface area contributed by atoms with Crippen LogP contribution >= 0.6 is 8.25 Å². The average Bonchev–Trinajstić information content (AvgIpc) is 2.62. The molecule has 23 heavy (non-hydrogen) atoms. The monoisotopic (exact) mass is 323 g/mol. The second-order valence-electron chi connectivity index (χ2n) is 5.11. The number of rotatable bonds is 5. The van der Waals surface area contributed by atoms with Crippen molar-refractivity contribution in [1.29, 1.82) is 0 Å². The van der Waals surface area contributed by atoms with Gasteiger partial charge in [0, 0.05) is 4.57 Å². The molecule has 0 saturated carbocycles. The van der Waals surface area contributed by atoms with E-state index in [9.17, 15) is 9.46 Å². The van der Waals surface area contributed by atoms with Crippen LogP contribution < -0.4 is 0 Å². The molecule has 3 aromatic carbocycles. The van der Waals surface area contributed by atoms with Crippen LogP contribution in [0.4, 0.5) is 0 Å². The van der Waals surface area contributed by atoms with Gasteiger partial charge in [0.2, 0.25) is 5.60 Å². The van der Waals surface area contributed by atoms with Crippen molar-refractivity contribution < 1.29 is 14.0 Å². The second kappa shape index (κ2) is 6.84. The highest BCUT2D eigenvalue weighted by Gasteiger charge is 2.45. The highest BCUT2D eigenvalue weighted by molar-refractivity contribution is 7.32. The molecule has 0 saturated heterocycles. The quantitative estimate of drug-likeness (QED) is 0.549. The smallest absolute Gasteiger partial charge is 0.133 e. The van der Waals surface area contributed by atoms with E-state index in [0.717, 1.165) is 16.7 Å². The van der Waals surface area contributed by atoms with Crippen molar-refractivity contribution in [2.75, 3.05) is 0 Å². The van der Waals surface area contributed by atoms with E-state index < -0.39 is 13.9 Å². The van der Waals surface area contributed by atoms with Crippen LogP contribution in [-0.2, 0) is 14.7 Å². The molecule has 0 heterocycles. The van der Waals surface area contributed by atoms with Crippen molar-refractivity contribution in [1.82, 2.24) is 0 Å². The zero-order valence-electron chi connectivity index (χ0n) is 12.4. The summed E-state index contributed by atoms with van der Waals surface area (Å²) in [5.74, 6) is 0. The number of hydrogen-bond acceptors (Lipinski definition) is 2. The first-order chi connectivity index (χ1) is 11.2. The fourth-order valence-electron chi connectivity index (χ4n) is 2.79. The maximum Gasteiger partial charge on any atom is 0.696 e. The van der Waals surface area contributed by atoms with Gasteiger partial charge in [0.15, 0.2) is 0 Å². The molecule has 0 aliphatic carbocycles. The van der Waals surface area contributed by atoms with Crippen LogP contribution in [0.25, 0.3) is 0 Å². The summed E-state index contributed by atoms with van der Waals surface area (Å²) in [6.07, 6.45) is 0. The molecule has 0 aliphatic rings. The standard InChI is InChI=1S/C19H15O3P/c20-23(21)22-19(16-10-4-1-5-11-16,17-12-6-2-7-13-17)18-14-8-3-9-15-18/h1-15H/p+1. The lowest BCUT2D eigenvalue weighted by Crippen LogP contribution is -2.30. The van der Waals surface area contributed by atoms with Crippen LogP contribution in [0.3, 0.4) is 0 Å². The molecule has 0 aromatic heterocycles. The van der Waals surface area contributed by atoms with E-state index in [1.165, 1.54) is 0 Å². The lowest BCUT2D eigenvalue weighted by molar-refractivity contribution is 0.145. The molecule has 0 aliphatic heterocycles. The predicted molar refractivity (Wildman–Crippen MR) is 90.1 cm³/mol. The van der Waals surface area contributed by atoms with Gasteiger partial charge >= 0.3 is 8.25 Å². The van der Waals surface area contributed by atoms with Crippen LogP contribution in [0, 0.1) is 0 Å². The maximum atomic E-state index is 11.7. The van der Waals surface area contributed by atoms with Crippen LogP contribution in [-0.4, -0.2) is 4.89 Å². The first-order valence-electron chi connectivity index (χ1n) is 7.25. The van der Waals surface area contributed by atoms with Crippen molar-refractivity contribution >= 4 is 8.25 Å². The minimum atomic E-state index is -2.81. The molecule has 0 bridgehead atoms. The van der Waals surface area contributed by atoms with Gasteiger partial charge < -0.3 is 0 Å². The van der Waals surface area contributed by atoms with Gasteiger partial charge in [0.1, 0.15) is 0 Å². The summed E-state index contributed by atoms with van der Waals surface area (Å²) < 4.78 is 17.3. The van der Waals surface area contributed by atoms with E-state index in [2.05, 4.69) is 0 Å². The molecule has 1 unspecified atom stereocenters. The Balaban J connectivity index is 2.32. The Hall–Kier alpha value is -2.32. The Bertz CT molecular complexity index is 677. The Morgan fingerprint density at radius 3 is 1.22 bits per heavy atom. The van der Waals surface area contributed by atoms with Gasteiger partial charge in [-0.15, -0.1) is 4.89 Å². The van der Waals surface area contributed by atoms with Gasteiger partial charge in [-0.05, 0) is 16.7 Å². The van der Waals surface area contributed by atoms with E-state index in [4.69, 9.17) is 4.52 Å². The molecular weight excluding hydrogens is 307 g/mol. The number of benzene rings is 3. The topological polar surface area (TPSA) is 46.5 Å². The maximum absolute atomic E-state index is 11.7. The summed E-state index contributed by atoms with van der Waals surface area (Å²) in [6.45, 7) is 0. The summed E-state index contributed by atoms with van der Waals surface area (Å²) in [4.78, 5) is 9.56. The van der Waals surface area contributed by atoms with E-state index in [1.54, 1.807) is 0 Å². The summed E-state index contributed by atoms with van der Waals surface area (Å²) in [7, 11) is -2.81. The Kier molecular flexibility index (Phi) is 4.63. The molecule has 114 valence electrons. The Labute approximate surface area is 136 Å². The zero-order chi connectivity index (χ0) is 16.1. The minimum absolute atomic E-state index is 0.801. The third kappa shape index (κ3) is 3.08. The van der Waals surface area contributed by atoms with Gasteiger partial charge in [-0.3, -0.25) is 0 Å². The first-order valence-corrected chi connectivity index (χ1v) is 8.38. The molecule has 1 N–H and O–H groups in total. The van der Waals surface area contributed by atoms with E-state index >= 15 is 0 Å². The molecular formula is C19H16O3P+. The lowest BCUT2D eigenvalue weighted by atomic mass is 9.80. The lowest BCUT2D eigenvalue weighted by Gasteiger charge is -2.29. The highest BCUT2D eigenvalue weighted by Crippen LogP contribution is 2.45. The third-order valence-electron chi connectivity index (χ3n) is 3.76. The summed E-state index contributed by atoms with van der Waals surface area (Å²) in [5.41, 5.74) is 1.27. The van der Waals surface area contributed by atoms with Gasteiger partial charge in [-0.1, -0.05) is 95.5 Å². The molecule has 0 spiro atoms. The van der Waals surface area contributed by atoms with E-state index in [0.29, 0.717) is 0 Å². The van der Waals surface area contributed by atoms with Gasteiger partial charge in [0.05, 0.1) is 0 Å². The summed E-state index contributed by atoms with van der Waals surface area (Å²) >= 11 is 0. The summed E-state index contributed by atoms with van der Waals surface area (Å²) in [6, 6.07) is 28.5. The number of hydrogen-bond donors (Lipinski definition) is 1. The molecule has 3 aromatic rings. The van der Waals surface area contributed by atoms with Gasteiger partial charge in [-0.2, -0.15) is 0 Å². The molecule has 3 rings (SSSR count). The molecule has 1 atom stereocenters. The fourth-order valence-corrected chi connectivity index (χ4v) is 3.34. The van der Waals surface area contributed by atoms with E-state index in [-0.39, 0.29) is 0 Å². The Morgan fingerprint density at radius 1 is 0.652 bits per heavy atom. The average molecular weight is 323 g/mol. The molecule has 4 heteroatoms. The molecule has 0 radical (unpaired) electrons. The molecule has 0 fully saturated rings. The van der Waals surface area contributed by atoms with Crippen molar-refractivity contribution in [3.05, 3.63) is 108 Å². The SMILES string of the molecule is O=[P+](O)OC(c1ccccc1)(c1ccccc1)c1ccccc1. The first kappa shape index (κ1) is 15.6.